The lowest BCUT2D eigenvalue weighted by Gasteiger charge is -2.14. The highest BCUT2D eigenvalue weighted by Crippen LogP contribution is 2.18. The van der Waals surface area contributed by atoms with Crippen LogP contribution in [0.15, 0.2) is 0 Å². The summed E-state index contributed by atoms with van der Waals surface area (Å²) >= 11 is 2.68. The number of alkyl halides is 1. The molecule has 0 rings (SSSR count). The van der Waals surface area contributed by atoms with Crippen molar-refractivity contribution in [2.45, 2.75) is 17.8 Å². The molecule has 0 aliphatic carbocycles. The van der Waals surface area contributed by atoms with Crippen LogP contribution in [-0.2, 0) is 4.74 Å². The molecule has 0 fully saturated rings. The van der Waals surface area contributed by atoms with Gasteiger partial charge < -0.3 is 0 Å². The maximum atomic E-state index is 10.4. The van der Waals surface area contributed by atoms with E-state index < -0.39 is 32.2 Å². The van der Waals surface area contributed by atoms with Gasteiger partial charge >= 0.3 is 12.4 Å². The predicted molar refractivity (Wildman–Crippen MR) is 48.1 cm³/mol. The van der Waals surface area contributed by atoms with Crippen molar-refractivity contribution < 1.29 is 19.5 Å². The summed E-state index contributed by atoms with van der Waals surface area (Å²) in [6, 6.07) is 0. The molecule has 11 heteroatoms. The zero-order valence-corrected chi connectivity index (χ0v) is 8.95. The van der Waals surface area contributed by atoms with Gasteiger partial charge in [-0.2, -0.15) is 0 Å². The summed E-state index contributed by atoms with van der Waals surface area (Å²) in [7, 11) is 0. The van der Waals surface area contributed by atoms with Crippen molar-refractivity contribution in [3.63, 3.8) is 0 Å². The van der Waals surface area contributed by atoms with E-state index in [9.17, 15) is 30.3 Å². The summed E-state index contributed by atoms with van der Waals surface area (Å²) in [6.07, 6.45) is 0. The fourth-order valence-electron chi connectivity index (χ4n) is 0.734. The second-order valence-electron chi connectivity index (χ2n) is 2.41. The minimum atomic E-state index is -3.26. The molecule has 0 spiro atoms. The molecule has 1 atom stereocenters. The van der Waals surface area contributed by atoms with E-state index in [2.05, 4.69) is 20.7 Å². The number of nitrogens with zero attached hydrogens (tertiary/aromatic N) is 3. The van der Waals surface area contributed by atoms with Crippen LogP contribution in [0.1, 0.15) is 6.92 Å². The van der Waals surface area contributed by atoms with Gasteiger partial charge in [0.1, 0.15) is 14.9 Å². The zero-order valence-electron chi connectivity index (χ0n) is 7.36. The van der Waals surface area contributed by atoms with Gasteiger partial charge in [-0.25, -0.2) is 4.74 Å². The number of hydrogen-bond donors (Lipinski definition) is 0. The van der Waals surface area contributed by atoms with Gasteiger partial charge in [0.2, 0.25) is 0 Å². The van der Waals surface area contributed by atoms with E-state index in [-0.39, 0.29) is 0 Å². The fraction of sp³-hybridized carbons (Fsp3) is 1.00. The first-order valence-corrected chi connectivity index (χ1v) is 4.36. The predicted octanol–water partition coefficient (Wildman–Crippen LogP) is 0.228. The minimum absolute atomic E-state index is 1.06. The summed E-state index contributed by atoms with van der Waals surface area (Å²) in [5.74, 6) is -3.26. The van der Waals surface area contributed by atoms with Gasteiger partial charge in [-0.15, -0.1) is 0 Å². The van der Waals surface area contributed by atoms with Crippen molar-refractivity contribution in [1.82, 2.24) is 0 Å². The van der Waals surface area contributed by atoms with Crippen LogP contribution in [0.2, 0.25) is 0 Å². The summed E-state index contributed by atoms with van der Waals surface area (Å²) < 4.78 is 4.35. The van der Waals surface area contributed by atoms with Crippen LogP contribution in [0.3, 0.4) is 0 Å². The van der Waals surface area contributed by atoms with E-state index in [0.717, 1.165) is 0 Å². The Morgan fingerprint density at radius 1 is 1.27 bits per heavy atom. The maximum absolute atomic E-state index is 10.4. The Morgan fingerprint density at radius 2 is 1.67 bits per heavy atom. The van der Waals surface area contributed by atoms with E-state index in [4.69, 9.17) is 0 Å². The van der Waals surface area contributed by atoms with Gasteiger partial charge in [0, 0.05) is 4.92 Å². The maximum Gasteiger partial charge on any atom is 0.644 e. The van der Waals surface area contributed by atoms with Crippen molar-refractivity contribution in [2.24, 2.45) is 0 Å². The number of ether oxygens (including phenoxy) is 1. The fourth-order valence-corrected chi connectivity index (χ4v) is 1.03. The molecule has 0 bridgehead atoms. The van der Waals surface area contributed by atoms with Crippen LogP contribution in [0.4, 0.5) is 0 Å². The molecule has 0 radical (unpaired) electrons. The van der Waals surface area contributed by atoms with Crippen molar-refractivity contribution in [2.75, 3.05) is 6.54 Å². The molecule has 0 aliphatic heterocycles. The van der Waals surface area contributed by atoms with Crippen molar-refractivity contribution in [3.05, 3.63) is 30.3 Å². The van der Waals surface area contributed by atoms with Gasteiger partial charge in [-0.3, -0.25) is 30.3 Å². The average molecular weight is 288 g/mol. The Hall–Kier alpha value is -1.36. The van der Waals surface area contributed by atoms with E-state index in [1.165, 1.54) is 6.92 Å². The largest absolute Gasteiger partial charge is 0.644 e. The van der Waals surface area contributed by atoms with Gasteiger partial charge in [-0.1, -0.05) is 15.9 Å². The monoisotopic (exact) mass is 287 g/mol. The first kappa shape index (κ1) is 13.6. The normalized spacial score (nSPS) is 13.2. The summed E-state index contributed by atoms with van der Waals surface area (Å²) in [4.78, 5) is 26.9. The molecule has 0 aliphatic rings. The van der Waals surface area contributed by atoms with Crippen LogP contribution in [0.5, 0.6) is 0 Å². The average Bonchev–Trinajstić information content (AvgIpc) is 1.99. The lowest BCUT2D eigenvalue weighted by atomic mass is 10.4. The van der Waals surface area contributed by atoms with Crippen molar-refractivity contribution in [3.8, 4) is 0 Å². The minimum Gasteiger partial charge on any atom is -0.264 e. The lowest BCUT2D eigenvalue weighted by Crippen LogP contribution is -2.54. The lowest BCUT2D eigenvalue weighted by molar-refractivity contribution is -0.871. The third-order valence-corrected chi connectivity index (χ3v) is 1.44. The molecule has 0 heterocycles. The van der Waals surface area contributed by atoms with E-state index in [0.29, 0.717) is 0 Å². The molecule has 86 valence electrons. The molecule has 0 saturated heterocycles. The van der Waals surface area contributed by atoms with Crippen LogP contribution < -0.4 is 0 Å². The third kappa shape index (κ3) is 3.36. The van der Waals surface area contributed by atoms with Gasteiger partial charge in [0.25, 0.3) is 0 Å². The van der Waals surface area contributed by atoms with Gasteiger partial charge in [0.05, 0.1) is 0 Å². The summed E-state index contributed by atoms with van der Waals surface area (Å²) in [5, 5.41) is 29.9. The van der Waals surface area contributed by atoms with E-state index >= 15 is 0 Å². The molecule has 10 nitrogen and oxygen atoms in total. The second kappa shape index (κ2) is 4.93. The van der Waals surface area contributed by atoms with Gasteiger partial charge in [0.15, 0.2) is 0 Å². The zero-order chi connectivity index (χ0) is 12.2. The van der Waals surface area contributed by atoms with Gasteiger partial charge in [-0.05, 0) is 6.92 Å². The quantitative estimate of drug-likeness (QED) is 0.295. The SMILES string of the molecule is CC(Br)OC(C[N+](=O)[O-])([N+](=O)[O-])[N+](=O)[O-]. The molecule has 0 saturated carbocycles. The molecule has 0 aromatic heterocycles. The molecule has 0 aromatic rings. The Balaban J connectivity index is 5.17. The van der Waals surface area contributed by atoms with Crippen LogP contribution in [0, 0.1) is 30.3 Å². The highest BCUT2D eigenvalue weighted by Gasteiger charge is 2.65. The number of rotatable bonds is 6. The molecule has 1 unspecified atom stereocenters. The number of nitro groups is 3. The first-order valence-electron chi connectivity index (χ1n) is 3.45. The number of halogens is 1. The first-order chi connectivity index (χ1) is 6.72. The molecule has 0 N–H and O–H groups in total. The molecular formula is C4H6BrN3O7. The summed E-state index contributed by atoms with van der Waals surface area (Å²) in [5.41, 5.74) is 0. The van der Waals surface area contributed by atoms with E-state index in [1.54, 1.807) is 0 Å². The Morgan fingerprint density at radius 3 is 1.87 bits per heavy atom. The van der Waals surface area contributed by atoms with Crippen molar-refractivity contribution in [1.29, 1.82) is 0 Å². The molecule has 15 heavy (non-hydrogen) atoms. The Bertz CT molecular complexity index is 278. The Kier molecular flexibility index (Phi) is 4.48. The standard InChI is InChI=1S/C4H6BrN3O7/c1-3(5)15-4(7(11)12,8(13)14)2-6(9)10/h3H,2H2,1H3. The molecular weight excluding hydrogens is 282 g/mol. The smallest absolute Gasteiger partial charge is 0.264 e. The highest BCUT2D eigenvalue weighted by atomic mass is 79.9. The van der Waals surface area contributed by atoms with Crippen LogP contribution in [-0.4, -0.2) is 32.2 Å². The Labute approximate surface area is 90.8 Å². The van der Waals surface area contributed by atoms with Crippen LogP contribution >= 0.6 is 15.9 Å². The summed E-state index contributed by atoms with van der Waals surface area (Å²) in [6.45, 7) is -0.329. The van der Waals surface area contributed by atoms with E-state index in [1.807, 2.05) is 0 Å². The molecule has 0 amide bonds. The highest BCUT2D eigenvalue weighted by molar-refractivity contribution is 9.09. The van der Waals surface area contributed by atoms with Crippen molar-refractivity contribution >= 4 is 15.9 Å². The molecule has 0 aromatic carbocycles. The second-order valence-corrected chi connectivity index (χ2v) is 3.70. The number of hydrogen-bond acceptors (Lipinski definition) is 7. The topological polar surface area (TPSA) is 139 Å². The van der Waals surface area contributed by atoms with Crippen LogP contribution in [0.25, 0.3) is 0 Å². The third-order valence-electron chi connectivity index (χ3n) is 1.26.